The van der Waals surface area contributed by atoms with Gasteiger partial charge < -0.3 is 33.5 Å². The Balaban J connectivity index is 1.08. The minimum Gasteiger partial charge on any atom is -0.478 e. The molecule has 3 saturated heterocycles. The van der Waals surface area contributed by atoms with Crippen LogP contribution in [0, 0.1) is 5.82 Å². The van der Waals surface area contributed by atoms with Gasteiger partial charge >= 0.3 is 5.97 Å². The van der Waals surface area contributed by atoms with Crippen molar-refractivity contribution in [3.8, 4) is 11.5 Å². The van der Waals surface area contributed by atoms with Crippen molar-refractivity contribution in [2.45, 2.75) is 50.4 Å². The SMILES string of the molecule is C[C@]1(c2ccc(Cl)cc2F)Oc2cccc(N3CCN(Cc4nc5c(Cl)cc(C(=O)O)cc5n4C[C@@H]4CCO4)[C@H]4COC[C@H]43)c2O1. The Morgan fingerprint density at radius 2 is 1.93 bits per heavy atom. The second-order valence-corrected chi connectivity index (χ2v) is 13.1. The minimum absolute atomic E-state index is 0.0120. The van der Waals surface area contributed by atoms with Crippen LogP contribution in [0.25, 0.3) is 11.0 Å². The summed E-state index contributed by atoms with van der Waals surface area (Å²) >= 11 is 12.6. The Bertz CT molecular complexity index is 1870. The molecule has 3 aromatic carbocycles. The van der Waals surface area contributed by atoms with Crippen molar-refractivity contribution in [1.82, 2.24) is 14.5 Å². The zero-order chi connectivity index (χ0) is 31.7. The van der Waals surface area contributed by atoms with Gasteiger partial charge in [-0.15, -0.1) is 0 Å². The Morgan fingerprint density at radius 1 is 1.11 bits per heavy atom. The van der Waals surface area contributed by atoms with Gasteiger partial charge in [-0.05, 0) is 48.9 Å². The number of aromatic carboxylic acids is 1. The molecule has 5 heterocycles. The number of para-hydroxylation sites is 1. The van der Waals surface area contributed by atoms with Crippen LogP contribution < -0.4 is 14.4 Å². The number of halogens is 3. The number of aromatic nitrogens is 2. The van der Waals surface area contributed by atoms with E-state index < -0.39 is 17.6 Å². The lowest BCUT2D eigenvalue weighted by atomic mass is 10.0. The Morgan fingerprint density at radius 3 is 2.70 bits per heavy atom. The first-order chi connectivity index (χ1) is 22.2. The molecule has 0 amide bonds. The normalized spacial score (nSPS) is 25.6. The molecule has 4 atom stereocenters. The standard InChI is InChI=1S/C33H31Cl2FN4O6/c1-33(21-6-5-19(34)13-23(21)36)45-28-4-2-3-24(31(28)46-33)39-9-8-38(26-16-43-17-27(26)39)15-29-37-30-22(35)11-18(32(41)42)12-25(30)40(29)14-20-7-10-44-20/h2-6,11-13,20,26-27H,7-10,14-17H2,1H3,(H,41,42)/t20-,26-,27+,33-/m0/s1. The molecule has 8 rings (SSSR count). The highest BCUT2D eigenvalue weighted by Gasteiger charge is 2.46. The number of fused-ring (bicyclic) bond motifs is 3. The number of hydrogen-bond acceptors (Lipinski definition) is 8. The summed E-state index contributed by atoms with van der Waals surface area (Å²) in [6.45, 7) is 5.94. The molecule has 0 unspecified atom stereocenters. The van der Waals surface area contributed by atoms with Crippen molar-refractivity contribution >= 4 is 45.9 Å². The van der Waals surface area contributed by atoms with Crippen LogP contribution in [0.15, 0.2) is 48.5 Å². The Hall–Kier alpha value is -3.61. The van der Waals surface area contributed by atoms with Crippen LogP contribution in [-0.4, -0.2) is 76.6 Å². The van der Waals surface area contributed by atoms with Gasteiger partial charge in [-0.25, -0.2) is 14.2 Å². The molecule has 3 fully saturated rings. The molecular formula is C33H31Cl2FN4O6. The van der Waals surface area contributed by atoms with Crippen molar-refractivity contribution in [2.24, 2.45) is 0 Å². The summed E-state index contributed by atoms with van der Waals surface area (Å²) < 4.78 is 41.5. The number of ether oxygens (including phenoxy) is 4. The van der Waals surface area contributed by atoms with E-state index in [0.29, 0.717) is 78.6 Å². The average molecular weight is 670 g/mol. The average Bonchev–Trinajstić information content (AvgIpc) is 3.71. The molecule has 0 aliphatic carbocycles. The lowest BCUT2D eigenvalue weighted by molar-refractivity contribution is -0.0705. The molecular weight excluding hydrogens is 638 g/mol. The zero-order valence-electron chi connectivity index (χ0n) is 24.9. The monoisotopic (exact) mass is 668 g/mol. The Labute approximate surface area is 274 Å². The predicted molar refractivity (Wildman–Crippen MR) is 169 cm³/mol. The van der Waals surface area contributed by atoms with E-state index in [1.807, 2.05) is 18.2 Å². The number of hydrogen-bond donors (Lipinski definition) is 1. The summed E-state index contributed by atoms with van der Waals surface area (Å²) in [6.07, 6.45) is 0.969. The lowest BCUT2D eigenvalue weighted by Gasteiger charge is -2.44. The van der Waals surface area contributed by atoms with Crippen LogP contribution >= 0.6 is 23.2 Å². The summed E-state index contributed by atoms with van der Waals surface area (Å²) in [7, 11) is 0. The third-order valence-corrected chi connectivity index (χ3v) is 9.99. The van der Waals surface area contributed by atoms with Gasteiger partial charge in [0, 0.05) is 31.6 Å². The number of rotatable bonds is 7. The molecule has 0 radical (unpaired) electrons. The first-order valence-electron chi connectivity index (χ1n) is 15.3. The number of carbonyl (C=O) groups is 1. The lowest BCUT2D eigenvalue weighted by Crippen LogP contribution is -2.59. The molecule has 0 saturated carbocycles. The van der Waals surface area contributed by atoms with Crippen LogP contribution in [0.1, 0.15) is 35.1 Å². The second-order valence-electron chi connectivity index (χ2n) is 12.3. The van der Waals surface area contributed by atoms with E-state index in [2.05, 4.69) is 14.4 Å². The van der Waals surface area contributed by atoms with E-state index in [-0.39, 0.29) is 29.3 Å². The molecule has 1 N–H and O–H groups in total. The fourth-order valence-electron chi connectivity index (χ4n) is 7.04. The van der Waals surface area contributed by atoms with Crippen molar-refractivity contribution in [3.63, 3.8) is 0 Å². The van der Waals surface area contributed by atoms with E-state index in [9.17, 15) is 14.3 Å². The number of nitrogens with zero attached hydrogens (tertiary/aromatic N) is 4. The third-order valence-electron chi connectivity index (χ3n) is 9.47. The zero-order valence-corrected chi connectivity index (χ0v) is 26.4. The van der Waals surface area contributed by atoms with Gasteiger partial charge in [0.05, 0.1) is 71.8 Å². The van der Waals surface area contributed by atoms with Gasteiger partial charge in [-0.3, -0.25) is 4.90 Å². The first kappa shape index (κ1) is 29.8. The van der Waals surface area contributed by atoms with Crippen LogP contribution in [-0.2, 0) is 28.4 Å². The highest BCUT2D eigenvalue weighted by molar-refractivity contribution is 6.35. The van der Waals surface area contributed by atoms with Gasteiger partial charge in [-0.1, -0.05) is 29.3 Å². The molecule has 240 valence electrons. The summed E-state index contributed by atoms with van der Waals surface area (Å²) in [4.78, 5) is 21.4. The number of imidazole rings is 1. The van der Waals surface area contributed by atoms with Crippen molar-refractivity contribution in [3.05, 3.63) is 81.3 Å². The van der Waals surface area contributed by atoms with E-state index in [1.54, 1.807) is 25.1 Å². The molecule has 10 nitrogen and oxygen atoms in total. The van der Waals surface area contributed by atoms with Crippen LogP contribution in [0.5, 0.6) is 11.5 Å². The van der Waals surface area contributed by atoms with E-state index in [0.717, 1.165) is 17.9 Å². The molecule has 4 aliphatic heterocycles. The maximum absolute atomic E-state index is 15.0. The van der Waals surface area contributed by atoms with E-state index in [4.69, 9.17) is 47.1 Å². The first-order valence-corrected chi connectivity index (χ1v) is 16.0. The van der Waals surface area contributed by atoms with E-state index >= 15 is 0 Å². The quantitative estimate of drug-likeness (QED) is 0.266. The summed E-state index contributed by atoms with van der Waals surface area (Å²) in [5.41, 5.74) is 2.50. The molecule has 0 bridgehead atoms. The Kier molecular flexibility index (Phi) is 7.30. The van der Waals surface area contributed by atoms with Crippen molar-refractivity contribution in [1.29, 1.82) is 0 Å². The molecule has 4 aromatic rings. The maximum atomic E-state index is 15.0. The van der Waals surface area contributed by atoms with Crippen LogP contribution in [0.2, 0.25) is 10.0 Å². The molecule has 4 aliphatic rings. The number of benzene rings is 3. The fourth-order valence-corrected chi connectivity index (χ4v) is 7.45. The molecule has 13 heteroatoms. The van der Waals surface area contributed by atoms with Gasteiger partial charge in [-0.2, -0.15) is 0 Å². The largest absolute Gasteiger partial charge is 0.478 e. The molecule has 0 spiro atoms. The smallest absolute Gasteiger partial charge is 0.335 e. The second kappa shape index (κ2) is 11.3. The number of carboxylic acid groups (broad SMARTS) is 1. The summed E-state index contributed by atoms with van der Waals surface area (Å²) in [5.74, 6) is -1.00. The van der Waals surface area contributed by atoms with Crippen LogP contribution in [0.3, 0.4) is 0 Å². The highest BCUT2D eigenvalue weighted by atomic mass is 35.5. The van der Waals surface area contributed by atoms with Crippen molar-refractivity contribution in [2.75, 3.05) is 37.8 Å². The molecule has 46 heavy (non-hydrogen) atoms. The number of anilines is 1. The predicted octanol–water partition coefficient (Wildman–Crippen LogP) is 5.70. The van der Waals surface area contributed by atoms with Gasteiger partial charge in [0.2, 0.25) is 0 Å². The number of carboxylic acids is 1. The molecule has 1 aromatic heterocycles. The minimum atomic E-state index is -1.36. The van der Waals surface area contributed by atoms with Gasteiger partial charge in [0.25, 0.3) is 5.79 Å². The third kappa shape index (κ3) is 4.96. The summed E-state index contributed by atoms with van der Waals surface area (Å²) in [5, 5.41) is 10.3. The fraction of sp³-hybridized carbons (Fsp3) is 0.394. The van der Waals surface area contributed by atoms with E-state index in [1.165, 1.54) is 12.1 Å². The van der Waals surface area contributed by atoms with Gasteiger partial charge in [0.1, 0.15) is 17.2 Å². The van der Waals surface area contributed by atoms with Crippen LogP contribution in [0.4, 0.5) is 10.1 Å². The maximum Gasteiger partial charge on any atom is 0.335 e. The summed E-state index contributed by atoms with van der Waals surface area (Å²) in [6, 6.07) is 13.3. The number of piperazine rings is 1. The van der Waals surface area contributed by atoms with Gasteiger partial charge in [0.15, 0.2) is 11.5 Å². The van der Waals surface area contributed by atoms with Crippen molar-refractivity contribution < 1.29 is 33.2 Å². The topological polar surface area (TPSA) is 98.5 Å². The highest BCUT2D eigenvalue weighted by Crippen LogP contribution is 2.51.